The van der Waals surface area contributed by atoms with Gasteiger partial charge in [-0.15, -0.1) is 0 Å². The Labute approximate surface area is 223 Å². The zero-order valence-electron chi connectivity index (χ0n) is 21.0. The molecule has 2 aromatic heterocycles. The average molecular weight is 528 g/mol. The van der Waals surface area contributed by atoms with Crippen LogP contribution in [0.25, 0.3) is 11.2 Å². The maximum Gasteiger partial charge on any atom is 0.332 e. The number of hydrogen-bond acceptors (Lipinski definition) is 5. The van der Waals surface area contributed by atoms with Crippen LogP contribution in [0.15, 0.2) is 88.5 Å². The van der Waals surface area contributed by atoms with Gasteiger partial charge in [-0.3, -0.25) is 13.9 Å². The summed E-state index contributed by atoms with van der Waals surface area (Å²) in [4.78, 5) is 33.8. The van der Waals surface area contributed by atoms with E-state index in [9.17, 15) is 9.59 Å². The smallest absolute Gasteiger partial charge is 0.332 e. The minimum Gasteiger partial charge on any atom is -0.457 e. The van der Waals surface area contributed by atoms with E-state index in [2.05, 4.69) is 11.8 Å². The van der Waals surface area contributed by atoms with Crippen molar-refractivity contribution < 1.29 is 4.74 Å². The van der Waals surface area contributed by atoms with E-state index in [-0.39, 0.29) is 18.0 Å². The van der Waals surface area contributed by atoms with Crippen LogP contribution in [-0.2, 0) is 20.1 Å². The van der Waals surface area contributed by atoms with Crippen LogP contribution in [-0.4, -0.2) is 25.2 Å². The topological polar surface area (TPSA) is 74.3 Å². The summed E-state index contributed by atoms with van der Waals surface area (Å²) < 4.78 is 10.6. The Kier molecular flexibility index (Phi) is 6.04. The van der Waals surface area contributed by atoms with Crippen molar-refractivity contribution in [1.82, 2.24) is 18.7 Å². The first kappa shape index (κ1) is 24.1. The van der Waals surface area contributed by atoms with Crippen molar-refractivity contribution in [3.05, 3.63) is 110 Å². The lowest BCUT2D eigenvalue weighted by atomic mass is 10.1. The first-order valence-electron chi connectivity index (χ1n) is 12.4. The van der Waals surface area contributed by atoms with Gasteiger partial charge in [0.1, 0.15) is 11.5 Å². The van der Waals surface area contributed by atoms with E-state index in [4.69, 9.17) is 21.3 Å². The molecule has 0 radical (unpaired) electrons. The molecule has 0 saturated carbocycles. The van der Waals surface area contributed by atoms with Crippen LogP contribution in [0.1, 0.15) is 12.5 Å². The maximum absolute atomic E-state index is 13.7. The summed E-state index contributed by atoms with van der Waals surface area (Å²) in [6.45, 7) is 3.66. The van der Waals surface area contributed by atoms with E-state index in [0.29, 0.717) is 28.7 Å². The van der Waals surface area contributed by atoms with Gasteiger partial charge in [0.25, 0.3) is 5.56 Å². The summed E-state index contributed by atoms with van der Waals surface area (Å²) in [6, 6.07) is 24.6. The summed E-state index contributed by atoms with van der Waals surface area (Å²) in [6.07, 6.45) is 0. The van der Waals surface area contributed by atoms with E-state index >= 15 is 0 Å². The zero-order chi connectivity index (χ0) is 26.4. The molecule has 5 aromatic rings. The van der Waals surface area contributed by atoms with Crippen LogP contribution in [0.5, 0.6) is 11.5 Å². The molecule has 192 valence electrons. The Bertz CT molecular complexity index is 1740. The quantitative estimate of drug-likeness (QED) is 0.315. The number of aryl methyl sites for hydroxylation is 1. The minimum absolute atomic E-state index is 0.154. The second-order valence-electron chi connectivity index (χ2n) is 9.68. The molecule has 6 rings (SSSR count). The molecule has 0 aliphatic carbocycles. The molecule has 3 aromatic carbocycles. The zero-order valence-corrected chi connectivity index (χ0v) is 21.8. The highest BCUT2D eigenvalue weighted by Gasteiger charge is 2.30. The fourth-order valence-corrected chi connectivity index (χ4v) is 5.08. The molecule has 1 atom stereocenters. The van der Waals surface area contributed by atoms with E-state index in [1.807, 2.05) is 71.3 Å². The van der Waals surface area contributed by atoms with Crippen LogP contribution < -0.4 is 20.9 Å². The standard InChI is InChI=1S/C29H26ClN5O3/c1-19-16-33(22-12-14-24(15-13-22)38-23-6-4-3-5-7-23)28-31-26-25(34(28)17-19)27(36)35(29(37)32(26)2)18-20-8-10-21(30)11-9-20/h3-15,19H,16-18H2,1-2H3/t19-/m0/s1. The molecule has 9 heteroatoms. The van der Waals surface area contributed by atoms with E-state index in [1.54, 1.807) is 19.2 Å². The predicted octanol–water partition coefficient (Wildman–Crippen LogP) is 5.18. The molecule has 38 heavy (non-hydrogen) atoms. The van der Waals surface area contributed by atoms with Crippen molar-refractivity contribution in [2.45, 2.75) is 20.0 Å². The molecular weight excluding hydrogens is 502 g/mol. The number of para-hydroxylation sites is 1. The lowest BCUT2D eigenvalue weighted by Gasteiger charge is -2.33. The molecule has 0 saturated heterocycles. The summed E-state index contributed by atoms with van der Waals surface area (Å²) >= 11 is 6.01. The average Bonchev–Trinajstić information content (AvgIpc) is 3.31. The van der Waals surface area contributed by atoms with Gasteiger partial charge in [0.2, 0.25) is 5.95 Å². The van der Waals surface area contributed by atoms with E-state index < -0.39 is 5.69 Å². The molecular formula is C29H26ClN5O3. The molecule has 0 bridgehead atoms. The number of fused-ring (bicyclic) bond motifs is 3. The molecule has 0 spiro atoms. The fourth-order valence-electron chi connectivity index (χ4n) is 4.95. The highest BCUT2D eigenvalue weighted by Crippen LogP contribution is 2.34. The first-order valence-corrected chi connectivity index (χ1v) is 12.8. The van der Waals surface area contributed by atoms with Gasteiger partial charge < -0.3 is 14.2 Å². The molecule has 1 aliphatic heterocycles. The van der Waals surface area contributed by atoms with Crippen molar-refractivity contribution in [2.75, 3.05) is 11.4 Å². The summed E-state index contributed by atoms with van der Waals surface area (Å²) in [5.41, 5.74) is 1.80. The van der Waals surface area contributed by atoms with Crippen LogP contribution in [0.4, 0.5) is 11.6 Å². The van der Waals surface area contributed by atoms with Crippen molar-refractivity contribution in [2.24, 2.45) is 13.0 Å². The lowest BCUT2D eigenvalue weighted by Crippen LogP contribution is -2.40. The Balaban J connectivity index is 1.41. The highest BCUT2D eigenvalue weighted by atomic mass is 35.5. The Morgan fingerprint density at radius 2 is 1.61 bits per heavy atom. The number of anilines is 2. The number of rotatable bonds is 5. The first-order chi connectivity index (χ1) is 18.4. The SMILES string of the molecule is C[C@H]1CN(c2ccc(Oc3ccccc3)cc2)c2nc3c(c(=O)n(Cc4ccc(Cl)cc4)c(=O)n3C)n2C1. The molecule has 0 fully saturated rings. The van der Waals surface area contributed by atoms with E-state index in [0.717, 1.165) is 29.3 Å². The predicted molar refractivity (Wildman–Crippen MR) is 149 cm³/mol. The third-order valence-corrected chi connectivity index (χ3v) is 7.08. The van der Waals surface area contributed by atoms with Gasteiger partial charge in [0.05, 0.1) is 6.54 Å². The van der Waals surface area contributed by atoms with Gasteiger partial charge >= 0.3 is 5.69 Å². The Hall–Kier alpha value is -4.30. The van der Waals surface area contributed by atoms with Crippen molar-refractivity contribution >= 4 is 34.4 Å². The molecule has 8 nitrogen and oxygen atoms in total. The van der Waals surface area contributed by atoms with Gasteiger partial charge in [0, 0.05) is 30.8 Å². The Morgan fingerprint density at radius 1 is 0.921 bits per heavy atom. The number of ether oxygens (including phenoxy) is 1. The molecule has 1 aliphatic rings. The summed E-state index contributed by atoms with van der Waals surface area (Å²) in [5.74, 6) is 2.39. The normalized spacial score (nSPS) is 15.0. The third-order valence-electron chi connectivity index (χ3n) is 6.82. The van der Waals surface area contributed by atoms with Crippen LogP contribution >= 0.6 is 11.6 Å². The molecule has 0 N–H and O–H groups in total. The van der Waals surface area contributed by atoms with Gasteiger partial charge in [-0.05, 0) is 60.0 Å². The second-order valence-corrected chi connectivity index (χ2v) is 10.1. The number of benzene rings is 3. The molecule has 0 unspecified atom stereocenters. The minimum atomic E-state index is -0.407. The number of halogens is 1. The van der Waals surface area contributed by atoms with Crippen LogP contribution in [0.2, 0.25) is 5.02 Å². The highest BCUT2D eigenvalue weighted by molar-refractivity contribution is 6.30. The number of imidazole rings is 1. The Morgan fingerprint density at radius 3 is 2.32 bits per heavy atom. The number of aromatic nitrogens is 4. The maximum atomic E-state index is 13.7. The molecule has 0 amide bonds. The van der Waals surface area contributed by atoms with Crippen LogP contribution in [0.3, 0.4) is 0 Å². The number of nitrogens with zero attached hydrogens (tertiary/aromatic N) is 5. The largest absolute Gasteiger partial charge is 0.457 e. The van der Waals surface area contributed by atoms with Crippen molar-refractivity contribution in [3.63, 3.8) is 0 Å². The number of hydrogen-bond donors (Lipinski definition) is 0. The molecule has 3 heterocycles. The van der Waals surface area contributed by atoms with Gasteiger partial charge in [-0.1, -0.05) is 48.9 Å². The van der Waals surface area contributed by atoms with E-state index in [1.165, 1.54) is 9.13 Å². The van der Waals surface area contributed by atoms with Gasteiger partial charge in [0.15, 0.2) is 11.2 Å². The van der Waals surface area contributed by atoms with Crippen molar-refractivity contribution in [3.8, 4) is 11.5 Å². The van der Waals surface area contributed by atoms with Crippen molar-refractivity contribution in [1.29, 1.82) is 0 Å². The van der Waals surface area contributed by atoms with Gasteiger partial charge in [-0.25, -0.2) is 4.79 Å². The second kappa shape index (κ2) is 9.54. The fraction of sp³-hybridized carbons (Fsp3) is 0.207. The summed E-state index contributed by atoms with van der Waals surface area (Å²) in [7, 11) is 1.66. The van der Waals surface area contributed by atoms with Crippen LogP contribution in [0, 0.1) is 5.92 Å². The summed E-state index contributed by atoms with van der Waals surface area (Å²) in [5, 5.41) is 0.600. The van der Waals surface area contributed by atoms with Gasteiger partial charge in [-0.2, -0.15) is 4.98 Å². The monoisotopic (exact) mass is 527 g/mol. The third kappa shape index (κ3) is 4.26. The lowest BCUT2D eigenvalue weighted by molar-refractivity contribution is 0.457.